The molecule has 2 aliphatic carbocycles. The summed E-state index contributed by atoms with van der Waals surface area (Å²) in [5, 5.41) is 12.9. The van der Waals surface area contributed by atoms with Crippen molar-refractivity contribution in [3.05, 3.63) is 28.8 Å². The maximum absolute atomic E-state index is 11.1. The fraction of sp³-hybridized carbons (Fsp3) is 0.562. The van der Waals surface area contributed by atoms with Gasteiger partial charge in [-0.05, 0) is 55.7 Å². The third-order valence-electron chi connectivity index (χ3n) is 4.57. The Labute approximate surface area is 124 Å². The maximum Gasteiger partial charge on any atom is 0.337 e. The highest BCUT2D eigenvalue weighted by Gasteiger charge is 2.34. The fourth-order valence-corrected chi connectivity index (χ4v) is 3.57. The molecule has 1 aromatic carbocycles. The maximum atomic E-state index is 11.1. The van der Waals surface area contributed by atoms with Gasteiger partial charge < -0.3 is 10.4 Å². The minimum Gasteiger partial charge on any atom is -0.478 e. The van der Waals surface area contributed by atoms with Crippen LogP contribution in [0.1, 0.15) is 48.9 Å². The molecule has 0 spiro atoms. The Kier molecular flexibility index (Phi) is 3.88. The van der Waals surface area contributed by atoms with E-state index in [2.05, 4.69) is 5.32 Å². The Morgan fingerprint density at radius 3 is 2.70 bits per heavy atom. The summed E-state index contributed by atoms with van der Waals surface area (Å²) >= 11 is 5.90. The highest BCUT2D eigenvalue weighted by molar-refractivity contribution is 6.33. The summed E-state index contributed by atoms with van der Waals surface area (Å²) < 4.78 is 0. The molecule has 0 saturated heterocycles. The number of hydrogen-bond donors (Lipinski definition) is 2. The number of aromatic carboxylic acids is 1. The Balaban J connectivity index is 1.67. The number of rotatable bonds is 4. The van der Waals surface area contributed by atoms with Gasteiger partial charge in [-0.3, -0.25) is 0 Å². The van der Waals surface area contributed by atoms with Gasteiger partial charge >= 0.3 is 5.97 Å². The van der Waals surface area contributed by atoms with Crippen molar-refractivity contribution >= 4 is 23.3 Å². The molecule has 0 aromatic heterocycles. The predicted molar refractivity (Wildman–Crippen MR) is 80.5 cm³/mol. The van der Waals surface area contributed by atoms with E-state index in [0.29, 0.717) is 11.1 Å². The Bertz CT molecular complexity index is 513. The number of carboxylic acids is 1. The summed E-state index contributed by atoms with van der Waals surface area (Å²) in [5.74, 6) is 0.852. The quantitative estimate of drug-likeness (QED) is 0.864. The number of carboxylic acid groups (broad SMARTS) is 1. The second-order valence-corrected chi connectivity index (χ2v) is 6.51. The van der Waals surface area contributed by atoms with Crippen LogP contribution in [0.25, 0.3) is 0 Å². The molecule has 0 radical (unpaired) electrons. The van der Waals surface area contributed by atoms with Gasteiger partial charge in [0.1, 0.15) is 0 Å². The SMILES string of the molecule is O=C(O)c1cc(NC2CCCC(C3CC3)C2)ccc1Cl. The molecule has 4 heteroatoms. The second-order valence-electron chi connectivity index (χ2n) is 6.11. The molecular weight excluding hydrogens is 274 g/mol. The van der Waals surface area contributed by atoms with E-state index in [0.717, 1.165) is 17.5 Å². The first-order valence-electron chi connectivity index (χ1n) is 7.43. The van der Waals surface area contributed by atoms with Crippen molar-refractivity contribution in [3.63, 3.8) is 0 Å². The van der Waals surface area contributed by atoms with Crippen LogP contribution < -0.4 is 5.32 Å². The summed E-state index contributed by atoms with van der Waals surface area (Å²) in [6, 6.07) is 5.65. The lowest BCUT2D eigenvalue weighted by Crippen LogP contribution is -2.28. The van der Waals surface area contributed by atoms with Crippen molar-refractivity contribution in [1.29, 1.82) is 0 Å². The molecule has 2 atom stereocenters. The van der Waals surface area contributed by atoms with Crippen LogP contribution in [0.3, 0.4) is 0 Å². The fourth-order valence-electron chi connectivity index (χ4n) is 3.37. The summed E-state index contributed by atoms with van der Waals surface area (Å²) in [6.45, 7) is 0. The van der Waals surface area contributed by atoms with Gasteiger partial charge in [0.2, 0.25) is 0 Å². The molecule has 20 heavy (non-hydrogen) atoms. The summed E-state index contributed by atoms with van der Waals surface area (Å²) in [5.41, 5.74) is 1.04. The van der Waals surface area contributed by atoms with Crippen LogP contribution in [0, 0.1) is 11.8 Å². The molecule has 0 amide bonds. The van der Waals surface area contributed by atoms with Gasteiger partial charge in [-0.1, -0.05) is 24.4 Å². The Morgan fingerprint density at radius 1 is 1.20 bits per heavy atom. The number of carbonyl (C=O) groups is 1. The summed E-state index contributed by atoms with van der Waals surface area (Å²) in [4.78, 5) is 11.1. The van der Waals surface area contributed by atoms with Crippen molar-refractivity contribution in [3.8, 4) is 0 Å². The van der Waals surface area contributed by atoms with Crippen LogP contribution in [-0.2, 0) is 0 Å². The van der Waals surface area contributed by atoms with Gasteiger partial charge in [0.15, 0.2) is 0 Å². The molecule has 3 nitrogen and oxygen atoms in total. The molecule has 2 aliphatic rings. The third-order valence-corrected chi connectivity index (χ3v) is 4.90. The first kappa shape index (κ1) is 13.7. The highest BCUT2D eigenvalue weighted by Crippen LogP contribution is 2.44. The standard InChI is InChI=1S/C16H20ClNO2/c17-15-7-6-13(9-14(15)16(19)20)18-12-3-1-2-11(8-12)10-4-5-10/h6-7,9-12,18H,1-5,8H2,(H,19,20). The van der Waals surface area contributed by atoms with Crippen LogP contribution in [0.15, 0.2) is 18.2 Å². The molecule has 2 fully saturated rings. The molecule has 0 heterocycles. The number of nitrogens with one attached hydrogen (secondary N) is 1. The van der Waals surface area contributed by atoms with Crippen LogP contribution >= 0.6 is 11.6 Å². The lowest BCUT2D eigenvalue weighted by atomic mass is 9.82. The molecule has 0 bridgehead atoms. The predicted octanol–water partition coefficient (Wildman–Crippen LogP) is 4.42. The topological polar surface area (TPSA) is 49.3 Å². The first-order valence-corrected chi connectivity index (χ1v) is 7.80. The Hall–Kier alpha value is -1.22. The monoisotopic (exact) mass is 293 g/mol. The molecule has 0 aliphatic heterocycles. The van der Waals surface area contributed by atoms with E-state index in [1.54, 1.807) is 12.1 Å². The minimum absolute atomic E-state index is 0.172. The Morgan fingerprint density at radius 2 is 2.00 bits per heavy atom. The largest absolute Gasteiger partial charge is 0.478 e. The molecule has 2 N–H and O–H groups in total. The van der Waals surface area contributed by atoms with E-state index >= 15 is 0 Å². The first-order chi connectivity index (χ1) is 9.63. The third kappa shape index (κ3) is 3.09. The van der Waals surface area contributed by atoms with Gasteiger partial charge in [-0.2, -0.15) is 0 Å². The van der Waals surface area contributed by atoms with Crippen molar-refractivity contribution in [2.45, 2.75) is 44.6 Å². The number of anilines is 1. The van der Waals surface area contributed by atoms with Crippen molar-refractivity contribution in [2.75, 3.05) is 5.32 Å². The normalized spacial score (nSPS) is 26.2. The van der Waals surface area contributed by atoms with Crippen molar-refractivity contribution in [1.82, 2.24) is 0 Å². The van der Waals surface area contributed by atoms with Crippen molar-refractivity contribution < 1.29 is 9.90 Å². The number of hydrogen-bond acceptors (Lipinski definition) is 2. The molecule has 108 valence electrons. The van der Waals surface area contributed by atoms with Crippen molar-refractivity contribution in [2.24, 2.45) is 11.8 Å². The van der Waals surface area contributed by atoms with Gasteiger partial charge in [0.25, 0.3) is 0 Å². The molecule has 3 rings (SSSR count). The second kappa shape index (κ2) is 5.65. The van der Waals surface area contributed by atoms with Crippen LogP contribution in [0.5, 0.6) is 0 Å². The lowest BCUT2D eigenvalue weighted by Gasteiger charge is -2.30. The van der Waals surface area contributed by atoms with E-state index in [9.17, 15) is 4.79 Å². The smallest absolute Gasteiger partial charge is 0.337 e. The zero-order chi connectivity index (χ0) is 14.1. The van der Waals surface area contributed by atoms with Gasteiger partial charge in [-0.15, -0.1) is 0 Å². The summed E-state index contributed by atoms with van der Waals surface area (Å²) in [7, 11) is 0. The zero-order valence-electron chi connectivity index (χ0n) is 11.4. The van der Waals surface area contributed by atoms with Crippen LogP contribution in [0.2, 0.25) is 5.02 Å². The van der Waals surface area contributed by atoms with Crippen LogP contribution in [-0.4, -0.2) is 17.1 Å². The molecule has 2 saturated carbocycles. The lowest BCUT2D eigenvalue weighted by molar-refractivity contribution is 0.0697. The number of benzene rings is 1. The average Bonchev–Trinajstić information content (AvgIpc) is 3.25. The molecule has 1 aromatic rings. The minimum atomic E-state index is -0.974. The number of halogens is 1. The van der Waals surface area contributed by atoms with Gasteiger partial charge in [0.05, 0.1) is 10.6 Å². The van der Waals surface area contributed by atoms with E-state index < -0.39 is 5.97 Å². The van der Waals surface area contributed by atoms with Crippen LogP contribution in [0.4, 0.5) is 5.69 Å². The molecular formula is C16H20ClNO2. The highest BCUT2D eigenvalue weighted by atomic mass is 35.5. The van der Waals surface area contributed by atoms with E-state index in [1.165, 1.54) is 38.5 Å². The van der Waals surface area contributed by atoms with E-state index in [-0.39, 0.29) is 5.56 Å². The average molecular weight is 294 g/mol. The van der Waals surface area contributed by atoms with Gasteiger partial charge in [0, 0.05) is 11.7 Å². The van der Waals surface area contributed by atoms with E-state index in [4.69, 9.17) is 16.7 Å². The molecule has 2 unspecified atom stereocenters. The van der Waals surface area contributed by atoms with E-state index in [1.807, 2.05) is 6.07 Å². The van der Waals surface area contributed by atoms with Gasteiger partial charge in [-0.25, -0.2) is 4.79 Å². The summed E-state index contributed by atoms with van der Waals surface area (Å²) in [6.07, 6.45) is 7.84. The zero-order valence-corrected chi connectivity index (χ0v) is 12.2.